The molecule has 1 aromatic heterocycles. The van der Waals surface area contributed by atoms with Crippen molar-refractivity contribution in [2.45, 2.75) is 52.4 Å². The van der Waals surface area contributed by atoms with Crippen molar-refractivity contribution in [2.24, 2.45) is 0 Å². The zero-order valence-corrected chi connectivity index (χ0v) is 31.6. The molecule has 2 heteroatoms. The molecule has 0 fully saturated rings. The summed E-state index contributed by atoms with van der Waals surface area (Å²) in [7, 11) is 0. The number of nitrogens with zero attached hydrogens (tertiary/aromatic N) is 1. The van der Waals surface area contributed by atoms with Gasteiger partial charge in [-0.15, -0.1) is 11.3 Å². The molecule has 0 atom stereocenters. The third-order valence-electron chi connectivity index (χ3n) is 11.2. The molecule has 1 aliphatic carbocycles. The smallest absolute Gasteiger partial charge is 0.0554 e. The van der Waals surface area contributed by atoms with Gasteiger partial charge in [0.15, 0.2) is 0 Å². The zero-order chi connectivity index (χ0) is 35.8. The minimum absolute atomic E-state index is 0.103. The zero-order valence-electron chi connectivity index (χ0n) is 30.8. The highest BCUT2D eigenvalue weighted by atomic mass is 32.1. The molecule has 0 unspecified atom stereocenters. The van der Waals surface area contributed by atoms with Crippen LogP contribution in [0.5, 0.6) is 0 Å². The van der Waals surface area contributed by atoms with E-state index >= 15 is 0 Å². The molecular formula is C50H43NS. The molecule has 0 N–H and O–H groups in total. The van der Waals surface area contributed by atoms with Crippen molar-refractivity contribution in [3.8, 4) is 33.4 Å². The van der Waals surface area contributed by atoms with E-state index in [1.165, 1.54) is 87.2 Å². The second-order valence-electron chi connectivity index (χ2n) is 15.9. The second-order valence-corrected chi connectivity index (χ2v) is 17.0. The Labute approximate surface area is 311 Å². The molecule has 7 aromatic carbocycles. The summed E-state index contributed by atoms with van der Waals surface area (Å²) in [6.45, 7) is 13.9. The van der Waals surface area contributed by atoms with Gasteiger partial charge in [-0.1, -0.05) is 138 Å². The summed E-state index contributed by atoms with van der Waals surface area (Å²) in [5, 5.41) is 2.59. The standard InChI is InChI=1S/C50H43NS/c1-32-29-39(31-43-47(32)40-15-10-11-16-42(40)50(43,5)6)51(38-26-21-34(22-27-38)33-13-8-7-9-14-33)44-17-12-18-46-48(44)41-30-36(23-28-45(41)52-46)35-19-24-37(25-20-35)49(2,3)4/h7-31H,1-6H3. The summed E-state index contributed by atoms with van der Waals surface area (Å²) in [5.74, 6) is 0. The summed E-state index contributed by atoms with van der Waals surface area (Å²) >= 11 is 1.88. The maximum Gasteiger partial charge on any atom is 0.0554 e. The van der Waals surface area contributed by atoms with Gasteiger partial charge in [0.25, 0.3) is 0 Å². The van der Waals surface area contributed by atoms with E-state index in [2.05, 4.69) is 198 Å². The Balaban J connectivity index is 1.26. The van der Waals surface area contributed by atoms with Crippen LogP contribution >= 0.6 is 11.3 Å². The summed E-state index contributed by atoms with van der Waals surface area (Å²) < 4.78 is 2.60. The van der Waals surface area contributed by atoms with Crippen molar-refractivity contribution in [1.29, 1.82) is 0 Å². The van der Waals surface area contributed by atoms with Crippen LogP contribution in [0.15, 0.2) is 152 Å². The highest BCUT2D eigenvalue weighted by Crippen LogP contribution is 2.53. The number of aryl methyl sites for hydroxylation is 1. The van der Waals surface area contributed by atoms with Crippen molar-refractivity contribution in [3.05, 3.63) is 174 Å². The van der Waals surface area contributed by atoms with E-state index in [-0.39, 0.29) is 10.8 Å². The molecule has 0 saturated heterocycles. The lowest BCUT2D eigenvalue weighted by Gasteiger charge is -2.29. The van der Waals surface area contributed by atoms with Crippen LogP contribution in [0.1, 0.15) is 56.9 Å². The van der Waals surface area contributed by atoms with E-state index in [4.69, 9.17) is 0 Å². The van der Waals surface area contributed by atoms with Gasteiger partial charge in [-0.3, -0.25) is 0 Å². The lowest BCUT2D eigenvalue weighted by molar-refractivity contribution is 0.590. The lowest BCUT2D eigenvalue weighted by Crippen LogP contribution is -2.17. The molecule has 1 aliphatic rings. The summed E-state index contributed by atoms with van der Waals surface area (Å²) in [5.41, 5.74) is 16.7. The molecular weight excluding hydrogens is 647 g/mol. The van der Waals surface area contributed by atoms with E-state index in [0.29, 0.717) is 0 Å². The second kappa shape index (κ2) is 12.1. The number of anilines is 3. The molecule has 0 bridgehead atoms. The van der Waals surface area contributed by atoms with Crippen molar-refractivity contribution in [3.63, 3.8) is 0 Å². The number of fused-ring (bicyclic) bond motifs is 6. The summed E-state index contributed by atoms with van der Waals surface area (Å²) in [6, 6.07) is 56.6. The van der Waals surface area contributed by atoms with E-state index in [0.717, 1.165) is 5.69 Å². The molecule has 9 rings (SSSR count). The van der Waals surface area contributed by atoms with Crippen LogP contribution in [0.4, 0.5) is 17.1 Å². The third-order valence-corrected chi connectivity index (χ3v) is 12.3. The van der Waals surface area contributed by atoms with Crippen molar-refractivity contribution in [2.75, 3.05) is 4.90 Å². The monoisotopic (exact) mass is 689 g/mol. The van der Waals surface area contributed by atoms with Crippen LogP contribution in [-0.4, -0.2) is 0 Å². The van der Waals surface area contributed by atoms with Crippen LogP contribution in [0, 0.1) is 6.92 Å². The molecule has 1 nitrogen and oxygen atoms in total. The first-order valence-corrected chi connectivity index (χ1v) is 19.2. The minimum Gasteiger partial charge on any atom is -0.310 e. The molecule has 254 valence electrons. The lowest BCUT2D eigenvalue weighted by atomic mass is 9.82. The molecule has 1 heterocycles. The Bertz CT molecular complexity index is 2620. The topological polar surface area (TPSA) is 3.24 Å². The molecule has 52 heavy (non-hydrogen) atoms. The maximum atomic E-state index is 2.50. The SMILES string of the molecule is Cc1cc(N(c2ccc(-c3ccccc3)cc2)c2cccc3sc4ccc(-c5ccc(C(C)(C)C)cc5)cc4c23)cc2c1-c1ccccc1C2(C)C. The first-order valence-electron chi connectivity index (χ1n) is 18.3. The van der Waals surface area contributed by atoms with Gasteiger partial charge >= 0.3 is 0 Å². The molecule has 0 saturated carbocycles. The number of benzene rings is 7. The Hall–Kier alpha value is -5.44. The maximum absolute atomic E-state index is 2.50. The fourth-order valence-electron chi connectivity index (χ4n) is 8.34. The Morgan fingerprint density at radius 2 is 1.19 bits per heavy atom. The predicted octanol–water partition coefficient (Wildman–Crippen LogP) is 14.8. The van der Waals surface area contributed by atoms with E-state index in [9.17, 15) is 0 Å². The average molecular weight is 690 g/mol. The van der Waals surface area contributed by atoms with Crippen molar-refractivity contribution in [1.82, 2.24) is 0 Å². The first-order chi connectivity index (χ1) is 25.1. The number of thiophene rings is 1. The van der Waals surface area contributed by atoms with E-state index in [1.54, 1.807) is 0 Å². The van der Waals surface area contributed by atoms with Gasteiger partial charge in [0.2, 0.25) is 0 Å². The minimum atomic E-state index is -0.103. The normalized spacial score (nSPS) is 13.3. The molecule has 0 aliphatic heterocycles. The fraction of sp³-hybridized carbons (Fsp3) is 0.160. The summed E-state index contributed by atoms with van der Waals surface area (Å²) in [6.07, 6.45) is 0. The van der Waals surface area contributed by atoms with Crippen LogP contribution in [0.3, 0.4) is 0 Å². The van der Waals surface area contributed by atoms with Crippen LogP contribution in [0.25, 0.3) is 53.6 Å². The van der Waals surface area contributed by atoms with Gasteiger partial charge in [0, 0.05) is 37.0 Å². The van der Waals surface area contributed by atoms with Crippen LogP contribution < -0.4 is 4.90 Å². The molecule has 8 aromatic rings. The van der Waals surface area contributed by atoms with Gasteiger partial charge in [0.05, 0.1) is 5.69 Å². The van der Waals surface area contributed by atoms with Gasteiger partial charge in [0.1, 0.15) is 0 Å². The van der Waals surface area contributed by atoms with Crippen LogP contribution in [-0.2, 0) is 10.8 Å². The van der Waals surface area contributed by atoms with Gasteiger partial charge < -0.3 is 4.90 Å². The third kappa shape index (κ3) is 5.28. The Morgan fingerprint density at radius 3 is 1.94 bits per heavy atom. The molecule has 0 radical (unpaired) electrons. The highest BCUT2D eigenvalue weighted by molar-refractivity contribution is 7.26. The molecule has 0 amide bonds. The van der Waals surface area contributed by atoms with Gasteiger partial charge in [-0.05, 0) is 117 Å². The fourth-order valence-corrected chi connectivity index (χ4v) is 9.44. The van der Waals surface area contributed by atoms with Crippen molar-refractivity contribution < 1.29 is 0 Å². The quantitative estimate of drug-likeness (QED) is 0.174. The van der Waals surface area contributed by atoms with E-state index in [1.807, 2.05) is 11.3 Å². The predicted molar refractivity (Wildman–Crippen MR) is 226 cm³/mol. The first kappa shape index (κ1) is 32.5. The number of hydrogen-bond acceptors (Lipinski definition) is 2. The number of hydrogen-bond donors (Lipinski definition) is 0. The Morgan fingerprint density at radius 1 is 0.538 bits per heavy atom. The number of rotatable bonds is 5. The average Bonchev–Trinajstić information content (AvgIpc) is 3.64. The molecule has 0 spiro atoms. The summed E-state index contributed by atoms with van der Waals surface area (Å²) in [4.78, 5) is 2.50. The van der Waals surface area contributed by atoms with Gasteiger partial charge in [-0.2, -0.15) is 0 Å². The van der Waals surface area contributed by atoms with Gasteiger partial charge in [-0.25, -0.2) is 0 Å². The van der Waals surface area contributed by atoms with E-state index < -0.39 is 0 Å². The Kier molecular flexibility index (Phi) is 7.54. The highest BCUT2D eigenvalue weighted by Gasteiger charge is 2.37. The largest absolute Gasteiger partial charge is 0.310 e. The van der Waals surface area contributed by atoms with Crippen LogP contribution in [0.2, 0.25) is 0 Å². The van der Waals surface area contributed by atoms with Crippen molar-refractivity contribution >= 4 is 48.6 Å².